The largest absolute Gasteiger partial charge is 0.480 e. The topological polar surface area (TPSA) is 187 Å². The normalized spacial score (nSPS) is 20.7. The molecule has 1 aromatic carbocycles. The fourth-order valence-electron chi connectivity index (χ4n) is 5.22. The maximum Gasteiger partial charge on any atom is 0.326 e. The third-order valence-corrected chi connectivity index (χ3v) is 7.22. The number of benzene rings is 1. The number of nitrogens with zero attached hydrogens (tertiary/aromatic N) is 1. The Hall–Kier alpha value is -3.93. The van der Waals surface area contributed by atoms with Crippen molar-refractivity contribution >= 4 is 40.5 Å². The van der Waals surface area contributed by atoms with Gasteiger partial charge in [-0.15, -0.1) is 0 Å². The minimum atomic E-state index is -1.30. The predicted octanol–water partition coefficient (Wildman–Crippen LogP) is -0.227. The highest BCUT2D eigenvalue weighted by Gasteiger charge is 2.39. The molecule has 3 heterocycles. The third kappa shape index (κ3) is 6.31. The van der Waals surface area contributed by atoms with Crippen LogP contribution >= 0.6 is 0 Å². The fraction of sp³-hybridized carbons (Fsp3) is 0.500. The smallest absolute Gasteiger partial charge is 0.326 e. The lowest BCUT2D eigenvalue weighted by Crippen LogP contribution is -2.57. The molecule has 4 rings (SSSR count). The second kappa shape index (κ2) is 12.1. The molecule has 204 valence electrons. The first-order valence-electron chi connectivity index (χ1n) is 13.0. The van der Waals surface area contributed by atoms with Crippen molar-refractivity contribution in [3.05, 3.63) is 36.0 Å². The van der Waals surface area contributed by atoms with Crippen LogP contribution in [0.25, 0.3) is 10.9 Å². The first-order chi connectivity index (χ1) is 18.2. The molecule has 38 heavy (non-hydrogen) atoms. The van der Waals surface area contributed by atoms with Gasteiger partial charge in [0.15, 0.2) is 0 Å². The molecular formula is C26H34N6O6. The zero-order valence-electron chi connectivity index (χ0n) is 21.1. The van der Waals surface area contributed by atoms with Gasteiger partial charge in [0.05, 0.1) is 6.04 Å². The van der Waals surface area contributed by atoms with E-state index in [1.807, 2.05) is 30.5 Å². The van der Waals surface area contributed by atoms with E-state index in [1.165, 1.54) is 4.90 Å². The van der Waals surface area contributed by atoms with Crippen LogP contribution in [-0.4, -0.2) is 81.8 Å². The van der Waals surface area contributed by atoms with Crippen molar-refractivity contribution in [1.29, 1.82) is 0 Å². The number of aromatic amines is 1. The molecular weight excluding hydrogens is 492 g/mol. The van der Waals surface area contributed by atoms with E-state index in [4.69, 9.17) is 5.73 Å². The van der Waals surface area contributed by atoms with E-state index in [1.54, 1.807) is 0 Å². The lowest BCUT2D eigenvalue weighted by atomic mass is 10.0. The molecule has 2 aliphatic heterocycles. The minimum Gasteiger partial charge on any atom is -0.480 e. The first-order valence-corrected chi connectivity index (χ1v) is 13.0. The van der Waals surface area contributed by atoms with Crippen LogP contribution in [0.4, 0.5) is 0 Å². The number of fused-ring (bicyclic) bond motifs is 1. The third-order valence-electron chi connectivity index (χ3n) is 7.22. The molecule has 0 bridgehead atoms. The molecule has 12 nitrogen and oxygen atoms in total. The van der Waals surface area contributed by atoms with Gasteiger partial charge in [-0.3, -0.25) is 19.2 Å². The Bertz CT molecular complexity index is 1210. The summed E-state index contributed by atoms with van der Waals surface area (Å²) in [5.74, 6) is -3.23. The molecule has 2 aliphatic rings. The van der Waals surface area contributed by atoms with Gasteiger partial charge in [0.25, 0.3) is 0 Å². The van der Waals surface area contributed by atoms with Gasteiger partial charge >= 0.3 is 5.97 Å². The number of rotatable bonds is 11. The predicted molar refractivity (Wildman–Crippen MR) is 138 cm³/mol. The van der Waals surface area contributed by atoms with E-state index in [2.05, 4.69) is 20.9 Å². The number of carbonyl (C=O) groups excluding carboxylic acids is 4. The van der Waals surface area contributed by atoms with Crippen molar-refractivity contribution in [2.45, 2.75) is 69.1 Å². The molecule has 2 fully saturated rings. The fourth-order valence-corrected chi connectivity index (χ4v) is 5.22. The van der Waals surface area contributed by atoms with E-state index in [0.717, 1.165) is 29.4 Å². The van der Waals surface area contributed by atoms with Gasteiger partial charge in [-0.2, -0.15) is 0 Å². The summed E-state index contributed by atoms with van der Waals surface area (Å²) in [7, 11) is 0. The average molecular weight is 527 g/mol. The van der Waals surface area contributed by atoms with E-state index in [9.17, 15) is 29.1 Å². The van der Waals surface area contributed by atoms with Crippen molar-refractivity contribution in [3.63, 3.8) is 0 Å². The highest BCUT2D eigenvalue weighted by molar-refractivity contribution is 5.95. The molecule has 2 saturated heterocycles. The Kier molecular flexibility index (Phi) is 8.62. The van der Waals surface area contributed by atoms with Crippen LogP contribution in [0.3, 0.4) is 0 Å². The molecule has 0 aliphatic carbocycles. The van der Waals surface area contributed by atoms with Crippen LogP contribution in [0, 0.1) is 0 Å². The van der Waals surface area contributed by atoms with Crippen molar-refractivity contribution in [2.75, 3.05) is 13.1 Å². The summed E-state index contributed by atoms with van der Waals surface area (Å²) in [5.41, 5.74) is 6.89. The molecule has 1 aromatic heterocycles. The van der Waals surface area contributed by atoms with E-state index < -0.39 is 41.8 Å². The number of primary amides is 1. The highest BCUT2D eigenvalue weighted by Crippen LogP contribution is 2.23. The Morgan fingerprint density at radius 2 is 1.82 bits per heavy atom. The number of nitrogens with one attached hydrogen (secondary N) is 4. The van der Waals surface area contributed by atoms with Crippen LogP contribution in [0.1, 0.15) is 44.1 Å². The SMILES string of the molecule is NC(=O)CCC(NC(=O)C1CCCN1C(=O)C(Cc1c[nH]c2ccccc12)NC(=O)C1CCCN1)C(=O)O. The molecule has 0 radical (unpaired) electrons. The van der Waals surface area contributed by atoms with Crippen LogP contribution in [0.15, 0.2) is 30.5 Å². The summed E-state index contributed by atoms with van der Waals surface area (Å²) in [6.07, 6.45) is 4.16. The number of nitrogens with two attached hydrogens (primary N) is 1. The van der Waals surface area contributed by atoms with Crippen LogP contribution in [0.5, 0.6) is 0 Å². The van der Waals surface area contributed by atoms with Gasteiger partial charge in [0.1, 0.15) is 18.1 Å². The van der Waals surface area contributed by atoms with Crippen LogP contribution in [0.2, 0.25) is 0 Å². The quantitative estimate of drug-likeness (QED) is 0.233. The summed E-state index contributed by atoms with van der Waals surface area (Å²) in [6, 6.07) is 4.18. The molecule has 4 atom stereocenters. The number of carbonyl (C=O) groups is 5. The Morgan fingerprint density at radius 3 is 2.53 bits per heavy atom. The number of carboxylic acids is 1. The Labute approximate surface area is 219 Å². The number of aromatic nitrogens is 1. The Balaban J connectivity index is 1.52. The molecule has 2 aromatic rings. The van der Waals surface area contributed by atoms with E-state index in [0.29, 0.717) is 25.8 Å². The number of hydrogen-bond donors (Lipinski definition) is 6. The average Bonchev–Trinajstić information content (AvgIpc) is 3.66. The molecule has 0 saturated carbocycles. The van der Waals surface area contributed by atoms with Gasteiger partial charge in [0.2, 0.25) is 23.6 Å². The number of H-pyrrole nitrogens is 1. The monoisotopic (exact) mass is 526 g/mol. The van der Waals surface area contributed by atoms with Crippen LogP contribution < -0.4 is 21.7 Å². The number of likely N-dealkylation sites (tertiary alicyclic amines) is 1. The lowest BCUT2D eigenvalue weighted by molar-refractivity contribution is -0.145. The van der Waals surface area contributed by atoms with Crippen molar-refractivity contribution in [2.24, 2.45) is 5.73 Å². The van der Waals surface area contributed by atoms with Gasteiger partial charge in [-0.05, 0) is 50.3 Å². The summed E-state index contributed by atoms with van der Waals surface area (Å²) < 4.78 is 0. The van der Waals surface area contributed by atoms with Crippen molar-refractivity contribution in [1.82, 2.24) is 25.8 Å². The minimum absolute atomic E-state index is 0.148. The van der Waals surface area contributed by atoms with Gasteiger partial charge in [-0.1, -0.05) is 18.2 Å². The molecule has 12 heteroatoms. The molecule has 0 spiro atoms. The first kappa shape index (κ1) is 27.1. The number of hydrogen-bond acceptors (Lipinski definition) is 6. The molecule has 4 amide bonds. The molecule has 7 N–H and O–H groups in total. The highest BCUT2D eigenvalue weighted by atomic mass is 16.4. The van der Waals surface area contributed by atoms with Crippen molar-refractivity contribution < 1.29 is 29.1 Å². The van der Waals surface area contributed by atoms with Gasteiger partial charge < -0.3 is 36.7 Å². The standard InChI is InChI=1S/C26H34N6O6/c27-22(33)10-9-19(26(37)38)30-24(35)21-8-4-12-32(21)25(36)20(31-23(34)18-7-3-11-28-18)13-15-14-29-17-6-2-1-5-16(15)17/h1-2,5-6,14,18-21,28-29H,3-4,7-13H2,(H2,27,33)(H,30,35)(H,31,34)(H,37,38). The summed E-state index contributed by atoms with van der Waals surface area (Å²) in [5, 5.41) is 18.9. The number of amides is 4. The van der Waals surface area contributed by atoms with Gasteiger partial charge in [0, 0.05) is 36.5 Å². The summed E-state index contributed by atoms with van der Waals surface area (Å²) in [6.45, 7) is 1.03. The number of carboxylic acid groups (broad SMARTS) is 1. The number of aliphatic carboxylic acids is 1. The van der Waals surface area contributed by atoms with Crippen molar-refractivity contribution in [3.8, 4) is 0 Å². The molecule has 4 unspecified atom stereocenters. The van der Waals surface area contributed by atoms with E-state index in [-0.39, 0.29) is 31.2 Å². The maximum absolute atomic E-state index is 13.8. The summed E-state index contributed by atoms with van der Waals surface area (Å²) >= 11 is 0. The lowest BCUT2D eigenvalue weighted by Gasteiger charge is -2.30. The van der Waals surface area contributed by atoms with Gasteiger partial charge in [-0.25, -0.2) is 4.79 Å². The Morgan fingerprint density at radius 1 is 1.05 bits per heavy atom. The van der Waals surface area contributed by atoms with Crippen LogP contribution in [-0.2, 0) is 30.4 Å². The summed E-state index contributed by atoms with van der Waals surface area (Å²) in [4.78, 5) is 67.2. The second-order valence-electron chi connectivity index (χ2n) is 9.87. The maximum atomic E-state index is 13.8. The van der Waals surface area contributed by atoms with E-state index >= 15 is 0 Å². The second-order valence-corrected chi connectivity index (χ2v) is 9.87. The number of para-hydroxylation sites is 1. The zero-order valence-corrected chi connectivity index (χ0v) is 21.1. The zero-order chi connectivity index (χ0) is 27.2.